The van der Waals surface area contributed by atoms with Crippen LogP contribution in [-0.2, 0) is 16.2 Å². The number of hydrogen-bond acceptors (Lipinski definition) is 2. The molecule has 335 valence electrons. The minimum atomic E-state index is -0.162. The molecular weight excluding hydrogens is 848 g/mol. The van der Waals surface area contributed by atoms with Crippen LogP contribution in [0.15, 0.2) is 186 Å². The average Bonchev–Trinajstić information content (AvgIpc) is 4.04. The molecular formula is C66H52BN2O. The number of furan rings is 1. The molecule has 3 aliphatic rings. The highest BCUT2D eigenvalue weighted by Crippen LogP contribution is 2.54. The van der Waals surface area contributed by atoms with Gasteiger partial charge < -0.3 is 14.3 Å². The number of nitrogens with one attached hydrogen (secondary N) is 1. The molecule has 14 rings (SSSR count). The summed E-state index contributed by atoms with van der Waals surface area (Å²) < 4.78 is 9.64. The lowest BCUT2D eigenvalue weighted by atomic mass is 9.59. The largest absolute Gasteiger partial charge is 0.455 e. The molecule has 70 heavy (non-hydrogen) atoms. The normalized spacial score (nSPS) is 14.6. The summed E-state index contributed by atoms with van der Waals surface area (Å²) in [4.78, 5) is 0. The van der Waals surface area contributed by atoms with Crippen LogP contribution < -0.4 is 16.2 Å². The van der Waals surface area contributed by atoms with E-state index >= 15 is 0 Å². The average molecular weight is 900 g/mol. The second-order valence-corrected chi connectivity index (χ2v) is 22.0. The molecule has 11 aromatic rings. The molecule has 0 bridgehead atoms. The van der Waals surface area contributed by atoms with Gasteiger partial charge in [0.05, 0.1) is 5.52 Å². The van der Waals surface area contributed by atoms with E-state index in [1.165, 1.54) is 88.5 Å². The zero-order valence-electron chi connectivity index (χ0n) is 40.8. The first-order valence-corrected chi connectivity index (χ1v) is 24.8. The van der Waals surface area contributed by atoms with Crippen LogP contribution >= 0.6 is 0 Å². The minimum Gasteiger partial charge on any atom is -0.455 e. The lowest BCUT2D eigenvalue weighted by molar-refractivity contribution is 0.590. The van der Waals surface area contributed by atoms with Crippen LogP contribution in [0.2, 0.25) is 0 Å². The van der Waals surface area contributed by atoms with Crippen molar-refractivity contribution >= 4 is 62.4 Å². The number of nitrogens with zero attached hydrogens (tertiary/aromatic N) is 1. The van der Waals surface area contributed by atoms with Gasteiger partial charge in [0.25, 0.3) is 0 Å². The predicted molar refractivity (Wildman–Crippen MR) is 295 cm³/mol. The Morgan fingerprint density at radius 2 is 1.11 bits per heavy atom. The molecule has 9 aromatic carbocycles. The van der Waals surface area contributed by atoms with Gasteiger partial charge in [-0.1, -0.05) is 187 Å². The van der Waals surface area contributed by atoms with E-state index in [-0.39, 0.29) is 16.2 Å². The lowest BCUT2D eigenvalue weighted by Crippen LogP contribution is -2.37. The van der Waals surface area contributed by atoms with Crippen molar-refractivity contribution in [3.63, 3.8) is 0 Å². The quantitative estimate of drug-likeness (QED) is 0.174. The fourth-order valence-electron chi connectivity index (χ4n) is 12.5. The summed E-state index contributed by atoms with van der Waals surface area (Å²) in [6.07, 6.45) is 0. The Bertz CT molecular complexity index is 4010. The van der Waals surface area contributed by atoms with Gasteiger partial charge in [0.15, 0.2) is 7.28 Å². The molecule has 0 fully saturated rings. The first-order chi connectivity index (χ1) is 33.8. The zero-order chi connectivity index (χ0) is 47.4. The highest BCUT2D eigenvalue weighted by atomic mass is 16.3. The number of fused-ring (bicyclic) bond motifs is 12. The molecule has 4 heteroatoms. The second-order valence-electron chi connectivity index (χ2n) is 22.0. The Labute approximate surface area is 410 Å². The number of aromatic nitrogens is 1. The molecule has 0 saturated heterocycles. The first kappa shape index (κ1) is 41.2. The molecule has 1 N–H and O–H groups in total. The van der Waals surface area contributed by atoms with Gasteiger partial charge in [-0.25, -0.2) is 0 Å². The van der Waals surface area contributed by atoms with Crippen LogP contribution in [0.5, 0.6) is 0 Å². The van der Waals surface area contributed by atoms with Crippen LogP contribution in [0.4, 0.5) is 11.4 Å². The van der Waals surface area contributed by atoms with Crippen molar-refractivity contribution in [2.45, 2.75) is 64.7 Å². The van der Waals surface area contributed by atoms with E-state index in [4.69, 9.17) is 4.42 Å². The molecule has 0 amide bonds. The van der Waals surface area contributed by atoms with E-state index < -0.39 is 0 Å². The highest BCUT2D eigenvalue weighted by Gasteiger charge is 2.39. The Hall–Kier alpha value is -7.82. The molecule has 2 aromatic heterocycles. The van der Waals surface area contributed by atoms with Gasteiger partial charge in [-0.3, -0.25) is 0 Å². The van der Waals surface area contributed by atoms with Gasteiger partial charge in [0.2, 0.25) is 0 Å². The van der Waals surface area contributed by atoms with Crippen molar-refractivity contribution in [1.29, 1.82) is 0 Å². The molecule has 1 radical (unpaired) electrons. The maximum Gasteiger partial charge on any atom is 0.198 e. The van der Waals surface area contributed by atoms with Crippen molar-refractivity contribution in [3.05, 3.63) is 210 Å². The van der Waals surface area contributed by atoms with Crippen molar-refractivity contribution in [2.24, 2.45) is 0 Å². The summed E-state index contributed by atoms with van der Waals surface area (Å²) in [5.74, 6) is 0.884. The fourth-order valence-corrected chi connectivity index (χ4v) is 12.5. The van der Waals surface area contributed by atoms with Gasteiger partial charge in [0.1, 0.15) is 11.3 Å². The topological polar surface area (TPSA) is 30.1 Å². The van der Waals surface area contributed by atoms with Crippen molar-refractivity contribution in [2.75, 3.05) is 5.32 Å². The van der Waals surface area contributed by atoms with Crippen molar-refractivity contribution in [3.8, 4) is 61.5 Å². The Morgan fingerprint density at radius 3 is 1.79 bits per heavy atom. The number of anilines is 2. The summed E-state index contributed by atoms with van der Waals surface area (Å²) in [5.41, 5.74) is 26.4. The molecule has 3 nitrogen and oxygen atoms in total. The zero-order valence-corrected chi connectivity index (χ0v) is 40.8. The van der Waals surface area contributed by atoms with E-state index in [0.717, 1.165) is 55.9 Å². The second kappa shape index (κ2) is 14.4. The molecule has 3 heterocycles. The predicted octanol–water partition coefficient (Wildman–Crippen LogP) is 16.2. The highest BCUT2D eigenvalue weighted by molar-refractivity contribution is 6.73. The SMILES string of the molecule is CC(C)(C)c1ccc(Nc2cc3c(cc2-c2ccc4c5cc6c(cc5n5c4c2[B]c2cc4oc(-c7ccccc7)c(-c7ccccc7)c4cc2-5)C(C)(C)c2ccccc2-6)-c2ccccc2C3(C)C)cc1. The maximum atomic E-state index is 7.05. The molecule has 2 aliphatic carbocycles. The van der Waals surface area contributed by atoms with Gasteiger partial charge in [-0.2, -0.15) is 0 Å². The van der Waals surface area contributed by atoms with Crippen molar-refractivity contribution in [1.82, 2.24) is 4.57 Å². The van der Waals surface area contributed by atoms with E-state index in [0.29, 0.717) is 0 Å². The van der Waals surface area contributed by atoms with E-state index in [2.05, 4.69) is 248 Å². The van der Waals surface area contributed by atoms with E-state index in [1.807, 2.05) is 0 Å². The summed E-state index contributed by atoms with van der Waals surface area (Å²) >= 11 is 0. The fraction of sp³-hybridized carbons (Fsp3) is 0.152. The smallest absolute Gasteiger partial charge is 0.198 e. The summed E-state index contributed by atoms with van der Waals surface area (Å²) in [5, 5.41) is 7.61. The standard InChI is InChI=1S/C66H52BN2O/c1-64(2,3)40-26-28-41(29-27-40)68-56-35-53-46(42-22-14-16-24-51(42)65(53,4)5)32-48(56)44-30-31-45-49-33-47-43-23-15-17-25-52(43)66(6,7)54(47)36-57(49)69-58-34-50-59(37-55(58)67-61(44)62(45)69)70-63(39-20-12-9-13-21-39)60(50)38-18-10-8-11-19-38/h8-37,68H,1-7H3. The third-order valence-corrected chi connectivity index (χ3v) is 16.2. The van der Waals surface area contributed by atoms with Gasteiger partial charge >= 0.3 is 0 Å². The lowest BCUT2D eigenvalue weighted by Gasteiger charge is -2.26. The van der Waals surface area contributed by atoms with Crippen LogP contribution in [0.1, 0.15) is 76.3 Å². The van der Waals surface area contributed by atoms with Crippen molar-refractivity contribution < 1.29 is 4.42 Å². The third-order valence-electron chi connectivity index (χ3n) is 16.2. The summed E-state index contributed by atoms with van der Waals surface area (Å²) in [6.45, 7) is 16.3. The monoisotopic (exact) mass is 899 g/mol. The Morgan fingerprint density at radius 1 is 0.500 bits per heavy atom. The number of rotatable bonds is 5. The Balaban J connectivity index is 1.07. The van der Waals surface area contributed by atoms with E-state index in [1.54, 1.807) is 0 Å². The van der Waals surface area contributed by atoms with Crippen LogP contribution in [0.3, 0.4) is 0 Å². The maximum absolute atomic E-state index is 7.05. The first-order valence-electron chi connectivity index (χ1n) is 24.8. The van der Waals surface area contributed by atoms with E-state index in [9.17, 15) is 0 Å². The summed E-state index contributed by atoms with van der Waals surface area (Å²) in [7, 11) is 2.44. The summed E-state index contributed by atoms with van der Waals surface area (Å²) in [6, 6.07) is 67.7. The number of benzene rings is 9. The Kier molecular flexibility index (Phi) is 8.45. The molecule has 1 aliphatic heterocycles. The van der Waals surface area contributed by atoms with Gasteiger partial charge in [-0.05, 0) is 121 Å². The van der Waals surface area contributed by atoms with Gasteiger partial charge in [0, 0.05) is 66.3 Å². The molecule has 0 unspecified atom stereocenters. The molecule has 0 spiro atoms. The van der Waals surface area contributed by atoms with Crippen LogP contribution in [0.25, 0.3) is 94.3 Å². The molecule has 0 atom stereocenters. The number of hydrogen-bond donors (Lipinski definition) is 1. The van der Waals surface area contributed by atoms with Crippen LogP contribution in [-0.4, -0.2) is 11.8 Å². The third kappa shape index (κ3) is 5.77. The van der Waals surface area contributed by atoms with Gasteiger partial charge in [-0.15, -0.1) is 0 Å². The minimum absolute atomic E-state index is 0.0580. The van der Waals surface area contributed by atoms with Crippen LogP contribution in [0, 0.1) is 0 Å². The molecule has 0 saturated carbocycles.